The van der Waals surface area contributed by atoms with Crippen molar-refractivity contribution in [2.24, 2.45) is 0 Å². The molecule has 0 aliphatic carbocycles. The van der Waals surface area contributed by atoms with E-state index in [1.165, 1.54) is 17.9 Å². The summed E-state index contributed by atoms with van der Waals surface area (Å²) in [5.74, 6) is 3.44. The van der Waals surface area contributed by atoms with Gasteiger partial charge >= 0.3 is 0 Å². The standard InChI is InChI=1S/C9H21O2PS3/c1-4-10-12(13,11-5-2)15-9-7-8-14-6-3/h4-9H2,1-3H3. The molecule has 0 amide bonds. The Morgan fingerprint density at radius 1 is 1.07 bits per heavy atom. The summed E-state index contributed by atoms with van der Waals surface area (Å²) in [6, 6.07) is 0. The molecule has 0 aromatic rings. The quantitative estimate of drug-likeness (QED) is 0.442. The normalized spacial score (nSPS) is 11.9. The number of thioether (sulfide) groups is 1. The summed E-state index contributed by atoms with van der Waals surface area (Å²) in [6.07, 6.45) is 1.18. The van der Waals surface area contributed by atoms with E-state index in [4.69, 9.17) is 20.9 Å². The Hall–Kier alpha value is 1.27. The van der Waals surface area contributed by atoms with E-state index in [1.54, 1.807) is 11.4 Å². The third-order valence-electron chi connectivity index (χ3n) is 1.46. The van der Waals surface area contributed by atoms with E-state index in [1.807, 2.05) is 25.6 Å². The Bertz CT molecular complexity index is 180. The Morgan fingerprint density at radius 3 is 2.13 bits per heavy atom. The number of hydrogen-bond donors (Lipinski definition) is 0. The van der Waals surface area contributed by atoms with E-state index in [9.17, 15) is 0 Å². The van der Waals surface area contributed by atoms with E-state index in [0.717, 1.165) is 5.75 Å². The van der Waals surface area contributed by atoms with Gasteiger partial charge in [-0.3, -0.25) is 0 Å². The minimum Gasteiger partial charge on any atom is -0.322 e. The molecule has 0 saturated heterocycles. The van der Waals surface area contributed by atoms with Crippen LogP contribution in [0.15, 0.2) is 0 Å². The van der Waals surface area contributed by atoms with Crippen molar-refractivity contribution in [1.82, 2.24) is 0 Å². The second kappa shape index (κ2) is 10.4. The SMILES string of the molecule is CCOP(=S)(OCC)SCCCSCC. The maximum absolute atomic E-state index is 5.54. The van der Waals surface area contributed by atoms with Crippen LogP contribution >= 0.6 is 28.8 Å². The Balaban J connectivity index is 3.71. The van der Waals surface area contributed by atoms with Gasteiger partial charge in [-0.25, -0.2) is 0 Å². The van der Waals surface area contributed by atoms with Gasteiger partial charge in [0.2, 0.25) is 5.69 Å². The highest BCUT2D eigenvalue weighted by Gasteiger charge is 2.17. The molecule has 0 atom stereocenters. The molecule has 0 aromatic carbocycles. The average Bonchev–Trinajstić information content (AvgIpc) is 2.18. The summed E-state index contributed by atoms with van der Waals surface area (Å²) >= 11 is 9.06. The first-order chi connectivity index (χ1) is 7.18. The first-order valence-corrected chi connectivity index (χ1v) is 10.7. The highest BCUT2D eigenvalue weighted by Crippen LogP contribution is 2.60. The van der Waals surface area contributed by atoms with Gasteiger partial charge in [-0.15, -0.1) is 0 Å². The zero-order valence-corrected chi connectivity index (χ0v) is 13.1. The van der Waals surface area contributed by atoms with Gasteiger partial charge in [0.25, 0.3) is 0 Å². The van der Waals surface area contributed by atoms with Crippen LogP contribution in [-0.2, 0) is 20.9 Å². The van der Waals surface area contributed by atoms with Crippen molar-refractivity contribution in [1.29, 1.82) is 0 Å². The number of rotatable bonds is 10. The lowest BCUT2D eigenvalue weighted by Crippen LogP contribution is -1.94. The molecule has 0 saturated carbocycles. The second-order valence-corrected chi connectivity index (χ2v) is 10.5. The van der Waals surface area contributed by atoms with Crippen molar-refractivity contribution in [2.75, 3.05) is 30.5 Å². The largest absolute Gasteiger partial charge is 0.322 e. The summed E-state index contributed by atoms with van der Waals surface area (Å²) < 4.78 is 11.1. The minimum atomic E-state index is -2.03. The molecule has 0 rings (SSSR count). The van der Waals surface area contributed by atoms with Crippen LogP contribution < -0.4 is 0 Å². The van der Waals surface area contributed by atoms with Gasteiger partial charge in [0, 0.05) is 5.75 Å². The summed E-state index contributed by atoms with van der Waals surface area (Å²) in [5, 5.41) is 0. The van der Waals surface area contributed by atoms with E-state index < -0.39 is 5.69 Å². The fourth-order valence-electron chi connectivity index (χ4n) is 0.910. The van der Waals surface area contributed by atoms with Crippen molar-refractivity contribution in [3.05, 3.63) is 0 Å². The topological polar surface area (TPSA) is 18.5 Å². The fraction of sp³-hybridized carbons (Fsp3) is 1.00. The first-order valence-electron chi connectivity index (χ1n) is 5.29. The van der Waals surface area contributed by atoms with Crippen molar-refractivity contribution >= 4 is 40.6 Å². The van der Waals surface area contributed by atoms with Crippen molar-refractivity contribution < 1.29 is 9.05 Å². The third-order valence-corrected chi connectivity index (χ3v) is 8.09. The molecular formula is C9H21O2PS3. The molecule has 0 bridgehead atoms. The van der Waals surface area contributed by atoms with E-state index >= 15 is 0 Å². The van der Waals surface area contributed by atoms with Gasteiger partial charge in [0.15, 0.2) is 0 Å². The molecule has 0 N–H and O–H groups in total. The van der Waals surface area contributed by atoms with Gasteiger partial charge in [-0.05, 0) is 43.6 Å². The Labute approximate surface area is 107 Å². The third kappa shape index (κ3) is 9.02. The monoisotopic (exact) mass is 288 g/mol. The van der Waals surface area contributed by atoms with Crippen molar-refractivity contribution in [3.63, 3.8) is 0 Å². The molecular weight excluding hydrogens is 267 g/mol. The Morgan fingerprint density at radius 2 is 1.67 bits per heavy atom. The molecule has 2 nitrogen and oxygen atoms in total. The van der Waals surface area contributed by atoms with E-state index in [0.29, 0.717) is 13.2 Å². The zero-order chi connectivity index (χ0) is 11.6. The van der Waals surface area contributed by atoms with Gasteiger partial charge in [-0.1, -0.05) is 18.3 Å². The molecule has 0 aliphatic heterocycles. The van der Waals surface area contributed by atoms with Gasteiger partial charge < -0.3 is 9.05 Å². The molecule has 0 aromatic heterocycles. The van der Waals surface area contributed by atoms with Crippen LogP contribution in [0.25, 0.3) is 0 Å². The predicted molar refractivity (Wildman–Crippen MR) is 77.6 cm³/mol. The lowest BCUT2D eigenvalue weighted by Gasteiger charge is -2.19. The maximum Gasteiger partial charge on any atom is 0.247 e. The van der Waals surface area contributed by atoms with Crippen LogP contribution in [-0.4, -0.2) is 30.5 Å². The predicted octanol–water partition coefficient (Wildman–Crippen LogP) is 4.16. The van der Waals surface area contributed by atoms with Crippen molar-refractivity contribution in [3.8, 4) is 0 Å². The molecule has 0 aliphatic rings. The smallest absolute Gasteiger partial charge is 0.247 e. The minimum absolute atomic E-state index is 0.647. The average molecular weight is 288 g/mol. The van der Waals surface area contributed by atoms with E-state index in [2.05, 4.69) is 6.92 Å². The van der Waals surface area contributed by atoms with Crippen LogP contribution in [0.1, 0.15) is 27.2 Å². The Kier molecular flexibility index (Phi) is 11.3. The molecule has 15 heavy (non-hydrogen) atoms. The lowest BCUT2D eigenvalue weighted by molar-refractivity contribution is 0.280. The van der Waals surface area contributed by atoms with Crippen LogP contribution in [0.4, 0.5) is 0 Å². The highest BCUT2D eigenvalue weighted by atomic mass is 32.9. The van der Waals surface area contributed by atoms with Crippen LogP contribution in [0.3, 0.4) is 0 Å². The summed E-state index contributed by atoms with van der Waals surface area (Å²) in [5.41, 5.74) is -2.03. The number of hydrogen-bond acceptors (Lipinski definition) is 5. The molecule has 0 unspecified atom stereocenters. The zero-order valence-electron chi connectivity index (χ0n) is 9.73. The lowest BCUT2D eigenvalue weighted by atomic mass is 10.6. The van der Waals surface area contributed by atoms with Crippen LogP contribution in [0, 0.1) is 0 Å². The van der Waals surface area contributed by atoms with Gasteiger partial charge in [0.05, 0.1) is 13.2 Å². The molecule has 6 heteroatoms. The molecule has 0 spiro atoms. The van der Waals surface area contributed by atoms with Crippen LogP contribution in [0.5, 0.6) is 0 Å². The molecule has 92 valence electrons. The first kappa shape index (κ1) is 16.3. The van der Waals surface area contributed by atoms with Crippen molar-refractivity contribution in [2.45, 2.75) is 27.2 Å². The summed E-state index contributed by atoms with van der Waals surface area (Å²) in [7, 11) is 0. The highest BCUT2D eigenvalue weighted by molar-refractivity contribution is 8.67. The van der Waals surface area contributed by atoms with Gasteiger partial charge in [-0.2, -0.15) is 11.8 Å². The second-order valence-electron chi connectivity index (χ2n) is 2.67. The van der Waals surface area contributed by atoms with Crippen LogP contribution in [0.2, 0.25) is 0 Å². The fourth-order valence-corrected chi connectivity index (χ4v) is 6.52. The maximum atomic E-state index is 5.54. The molecule has 0 radical (unpaired) electrons. The summed E-state index contributed by atoms with van der Waals surface area (Å²) in [6.45, 7) is 7.41. The van der Waals surface area contributed by atoms with E-state index in [-0.39, 0.29) is 0 Å². The summed E-state index contributed by atoms with van der Waals surface area (Å²) in [4.78, 5) is 0. The molecule has 0 fully saturated rings. The molecule has 0 heterocycles. The van der Waals surface area contributed by atoms with Gasteiger partial charge in [0.1, 0.15) is 0 Å².